The first-order valence-corrected chi connectivity index (χ1v) is 13.9. The molecule has 4 aliphatic rings. The molecule has 9 nitrogen and oxygen atoms in total. The summed E-state index contributed by atoms with van der Waals surface area (Å²) in [6, 6.07) is 16.0. The van der Waals surface area contributed by atoms with Crippen molar-refractivity contribution >= 4 is 22.3 Å². The van der Waals surface area contributed by atoms with Crippen molar-refractivity contribution in [3.63, 3.8) is 0 Å². The highest BCUT2D eigenvalue weighted by atomic mass is 15.7. The number of pyridine rings is 1. The summed E-state index contributed by atoms with van der Waals surface area (Å²) in [6.45, 7) is 8.97. The summed E-state index contributed by atoms with van der Waals surface area (Å²) in [5.74, 6) is 0.840. The second kappa shape index (κ2) is 9.70. The van der Waals surface area contributed by atoms with Gasteiger partial charge in [0.2, 0.25) is 0 Å². The van der Waals surface area contributed by atoms with Crippen LogP contribution in [0.25, 0.3) is 10.9 Å². The van der Waals surface area contributed by atoms with Crippen LogP contribution in [0.1, 0.15) is 73.9 Å². The molecule has 9 heteroatoms. The Morgan fingerprint density at radius 3 is 2.44 bits per heavy atom. The lowest BCUT2D eigenvalue weighted by molar-refractivity contribution is -0.141. The van der Waals surface area contributed by atoms with Crippen LogP contribution in [0.2, 0.25) is 0 Å². The summed E-state index contributed by atoms with van der Waals surface area (Å²) in [4.78, 5) is 4.49. The van der Waals surface area contributed by atoms with Gasteiger partial charge in [0.05, 0.1) is 51.2 Å². The van der Waals surface area contributed by atoms with Crippen molar-refractivity contribution in [1.82, 2.24) is 21.0 Å². The highest BCUT2D eigenvalue weighted by Crippen LogP contribution is 2.60. The molecule has 0 amide bonds. The van der Waals surface area contributed by atoms with Crippen molar-refractivity contribution < 1.29 is 0 Å². The van der Waals surface area contributed by atoms with Crippen LogP contribution < -0.4 is 21.6 Å². The molecule has 1 aliphatic heterocycles. The topological polar surface area (TPSA) is 136 Å². The number of nitriles is 3. The molecular formula is C32H33N9. The predicted octanol–water partition coefficient (Wildman–Crippen LogP) is 5.49. The van der Waals surface area contributed by atoms with Crippen molar-refractivity contribution in [2.75, 3.05) is 17.2 Å². The molecule has 0 saturated heterocycles. The number of anilines is 2. The minimum atomic E-state index is -0.338. The van der Waals surface area contributed by atoms with Gasteiger partial charge in [0, 0.05) is 30.0 Å². The Labute approximate surface area is 240 Å². The van der Waals surface area contributed by atoms with Crippen LogP contribution in [0.5, 0.6) is 0 Å². The van der Waals surface area contributed by atoms with E-state index >= 15 is 0 Å². The molecule has 41 heavy (non-hydrogen) atoms. The number of hydrogen-bond donors (Lipinski definition) is 4. The van der Waals surface area contributed by atoms with Crippen molar-refractivity contribution in [3.05, 3.63) is 76.2 Å². The number of nitrogens with one attached hydrogen (secondary N) is 4. The Balaban J connectivity index is 1.45. The third kappa shape index (κ3) is 4.57. The zero-order valence-corrected chi connectivity index (χ0v) is 23.8. The van der Waals surface area contributed by atoms with Gasteiger partial charge in [-0.05, 0) is 66.8 Å². The first-order valence-electron chi connectivity index (χ1n) is 13.9. The van der Waals surface area contributed by atoms with Crippen LogP contribution in [0.4, 0.5) is 11.4 Å². The Morgan fingerprint density at radius 1 is 1.07 bits per heavy atom. The Morgan fingerprint density at radius 2 is 1.80 bits per heavy atom. The molecule has 2 bridgehead atoms. The highest BCUT2D eigenvalue weighted by molar-refractivity contribution is 5.99. The fraction of sp³-hybridized carbons (Fsp3) is 0.375. The van der Waals surface area contributed by atoms with Crippen molar-refractivity contribution in [2.24, 2.45) is 11.3 Å². The predicted molar refractivity (Wildman–Crippen MR) is 158 cm³/mol. The van der Waals surface area contributed by atoms with E-state index in [9.17, 15) is 15.8 Å². The first-order chi connectivity index (χ1) is 19.6. The standard InChI is InChI=1S/C32H33N9/c1-19-21(13-33)6-5-7-25(19)30(27-17-41(40-39-27)32-10-20(11-32)12-32)38-24-8-22(14-34)28-26(9-24)29(23(15-35)16-36-28)37-18-31(2,3)4/h5-9,16-17,20,30,38-40H,10-12,18H2,1-4H3,(H,36,37)/t20?,30-,32?/m0/s1. The minimum Gasteiger partial charge on any atom is -0.383 e. The molecule has 206 valence electrons. The molecule has 0 spiro atoms. The van der Waals surface area contributed by atoms with Gasteiger partial charge in [-0.2, -0.15) is 15.8 Å². The van der Waals surface area contributed by atoms with Gasteiger partial charge in [-0.25, -0.2) is 0 Å². The van der Waals surface area contributed by atoms with Crippen LogP contribution in [-0.4, -0.2) is 22.1 Å². The van der Waals surface area contributed by atoms with Gasteiger partial charge in [0.15, 0.2) is 0 Å². The van der Waals surface area contributed by atoms with E-state index in [4.69, 9.17) is 0 Å². The molecule has 0 radical (unpaired) electrons. The molecule has 3 aromatic rings. The zero-order valence-electron chi connectivity index (χ0n) is 23.8. The van der Waals surface area contributed by atoms with Gasteiger partial charge in [-0.1, -0.05) is 32.9 Å². The molecule has 0 unspecified atom stereocenters. The van der Waals surface area contributed by atoms with E-state index in [0.29, 0.717) is 45.5 Å². The van der Waals surface area contributed by atoms with Crippen LogP contribution in [-0.2, 0) is 0 Å². The van der Waals surface area contributed by atoms with Gasteiger partial charge in [-0.15, -0.1) is 5.53 Å². The average molecular weight is 544 g/mol. The van der Waals surface area contributed by atoms with Gasteiger partial charge in [0.25, 0.3) is 0 Å². The number of nitrogens with zero attached hydrogens (tertiary/aromatic N) is 5. The molecule has 3 fully saturated rings. The minimum absolute atomic E-state index is 0.0233. The normalized spacial score (nSPS) is 21.3. The maximum atomic E-state index is 10.1. The van der Waals surface area contributed by atoms with Crippen molar-refractivity contribution in [2.45, 2.75) is 58.5 Å². The number of aromatic nitrogens is 1. The summed E-state index contributed by atoms with van der Waals surface area (Å²) in [5.41, 5.74) is 13.0. The Bertz CT molecular complexity index is 1690. The van der Waals surface area contributed by atoms with E-state index in [1.54, 1.807) is 6.07 Å². The number of rotatable bonds is 7. The summed E-state index contributed by atoms with van der Waals surface area (Å²) in [5, 5.41) is 39.7. The highest BCUT2D eigenvalue weighted by Gasteiger charge is 2.60. The quantitative estimate of drug-likeness (QED) is 0.305. The van der Waals surface area contributed by atoms with E-state index in [-0.39, 0.29) is 17.0 Å². The summed E-state index contributed by atoms with van der Waals surface area (Å²) < 4.78 is 0. The number of hydrogen-bond acceptors (Lipinski definition) is 9. The second-order valence-corrected chi connectivity index (χ2v) is 12.7. The molecule has 4 N–H and O–H groups in total. The first kappa shape index (κ1) is 26.4. The SMILES string of the molecule is Cc1c(C#N)cccc1[C@H](Nc1cc(C#N)c2ncc(C#N)c(NCC(C)(C)C)c2c1)C1=CN(C23CC(C2)C3)NN1. The van der Waals surface area contributed by atoms with Crippen molar-refractivity contribution in [3.8, 4) is 18.2 Å². The molecule has 7 rings (SSSR count). The third-order valence-electron chi connectivity index (χ3n) is 8.54. The number of hydrazine groups is 2. The van der Waals surface area contributed by atoms with Gasteiger partial charge < -0.3 is 16.1 Å². The lowest BCUT2D eigenvalue weighted by Crippen LogP contribution is -2.69. The fourth-order valence-electron chi connectivity index (χ4n) is 6.14. The summed E-state index contributed by atoms with van der Waals surface area (Å²) >= 11 is 0. The molecule has 1 atom stereocenters. The van der Waals surface area contributed by atoms with E-state index in [1.807, 2.05) is 31.2 Å². The number of benzene rings is 2. The van der Waals surface area contributed by atoms with Crippen LogP contribution in [0.15, 0.2) is 48.4 Å². The van der Waals surface area contributed by atoms with Gasteiger partial charge >= 0.3 is 0 Å². The lowest BCUT2D eigenvalue weighted by Gasteiger charge is -2.64. The lowest BCUT2D eigenvalue weighted by atomic mass is 9.49. The zero-order chi connectivity index (χ0) is 28.9. The number of fused-ring (bicyclic) bond motifs is 1. The average Bonchev–Trinajstić information content (AvgIpc) is 3.37. The summed E-state index contributed by atoms with van der Waals surface area (Å²) in [7, 11) is 0. The van der Waals surface area contributed by atoms with E-state index in [1.165, 1.54) is 25.5 Å². The molecule has 2 aromatic carbocycles. The smallest absolute Gasteiger partial charge is 0.103 e. The molecule has 3 saturated carbocycles. The molecule has 1 aromatic heterocycles. The van der Waals surface area contributed by atoms with Crippen LogP contribution in [0.3, 0.4) is 0 Å². The van der Waals surface area contributed by atoms with Crippen LogP contribution >= 0.6 is 0 Å². The van der Waals surface area contributed by atoms with Gasteiger partial charge in [-0.3, -0.25) is 9.99 Å². The third-order valence-corrected chi connectivity index (χ3v) is 8.54. The Kier molecular flexibility index (Phi) is 6.25. The largest absolute Gasteiger partial charge is 0.383 e. The maximum absolute atomic E-state index is 10.1. The fourth-order valence-corrected chi connectivity index (χ4v) is 6.14. The van der Waals surface area contributed by atoms with Crippen LogP contribution in [0, 0.1) is 52.2 Å². The molecule has 2 heterocycles. The molecule has 3 aliphatic carbocycles. The van der Waals surface area contributed by atoms with E-state index in [2.05, 4.69) is 76.8 Å². The van der Waals surface area contributed by atoms with Gasteiger partial charge in [0.1, 0.15) is 12.1 Å². The monoisotopic (exact) mass is 543 g/mol. The van der Waals surface area contributed by atoms with E-state index < -0.39 is 0 Å². The Hall–Kier alpha value is -4.78. The summed E-state index contributed by atoms with van der Waals surface area (Å²) in [6.07, 6.45) is 7.24. The maximum Gasteiger partial charge on any atom is 0.103 e. The molecular weight excluding hydrogens is 510 g/mol. The second-order valence-electron chi connectivity index (χ2n) is 12.7. The van der Waals surface area contributed by atoms with E-state index in [0.717, 1.165) is 22.7 Å². The van der Waals surface area contributed by atoms with Crippen molar-refractivity contribution in [1.29, 1.82) is 15.8 Å².